The molecular formula is C32H32F3NO6. The van der Waals surface area contributed by atoms with Crippen molar-refractivity contribution in [2.45, 2.75) is 57.9 Å². The summed E-state index contributed by atoms with van der Waals surface area (Å²) in [6.45, 7) is 1.08. The zero-order valence-electron chi connectivity index (χ0n) is 23.1. The molecule has 2 unspecified atom stereocenters. The van der Waals surface area contributed by atoms with Crippen LogP contribution in [0.3, 0.4) is 0 Å². The van der Waals surface area contributed by atoms with Gasteiger partial charge < -0.3 is 19.5 Å². The number of hydrogen-bond donors (Lipinski definition) is 1. The summed E-state index contributed by atoms with van der Waals surface area (Å²) in [7, 11) is 0. The number of Topliss-reactive ketones (excluding diaryl/α,β-unsaturated/α-hetero) is 1. The van der Waals surface area contributed by atoms with E-state index >= 15 is 0 Å². The number of halogens is 3. The number of anilines is 1. The molecule has 0 saturated heterocycles. The van der Waals surface area contributed by atoms with Gasteiger partial charge >= 0.3 is 12.3 Å². The molecule has 4 rings (SSSR count). The SMILES string of the molecule is CC(=O)OCC(=O)C1CCCCC(Oc2cccc(NC(=O)c3ccccc3-c3ccc(OC(F)(F)F)cc3)c2)CC1. The Bertz CT molecular complexity index is 1390. The largest absolute Gasteiger partial charge is 0.573 e. The van der Waals surface area contributed by atoms with Crippen molar-refractivity contribution in [3.8, 4) is 22.6 Å². The molecule has 1 aliphatic rings. The highest BCUT2D eigenvalue weighted by atomic mass is 19.4. The Morgan fingerprint density at radius 1 is 0.857 bits per heavy atom. The maximum atomic E-state index is 13.3. The van der Waals surface area contributed by atoms with Gasteiger partial charge in [0.25, 0.3) is 5.91 Å². The molecule has 0 aliphatic heterocycles. The van der Waals surface area contributed by atoms with Gasteiger partial charge in [-0.05, 0) is 73.6 Å². The van der Waals surface area contributed by atoms with E-state index in [0.717, 1.165) is 25.7 Å². The number of esters is 1. The fourth-order valence-electron chi connectivity index (χ4n) is 4.98. The summed E-state index contributed by atoms with van der Waals surface area (Å²) in [6.07, 6.45) is -0.203. The van der Waals surface area contributed by atoms with Crippen LogP contribution in [0.4, 0.5) is 18.9 Å². The third kappa shape index (κ3) is 9.09. The van der Waals surface area contributed by atoms with Gasteiger partial charge in [0.1, 0.15) is 18.1 Å². The summed E-state index contributed by atoms with van der Waals surface area (Å²) in [5, 5.41) is 2.88. The zero-order chi connectivity index (χ0) is 30.1. The van der Waals surface area contributed by atoms with Crippen LogP contribution in [0.1, 0.15) is 55.8 Å². The summed E-state index contributed by atoms with van der Waals surface area (Å²) in [6, 6.07) is 19.2. The van der Waals surface area contributed by atoms with Gasteiger partial charge in [-0.15, -0.1) is 13.2 Å². The van der Waals surface area contributed by atoms with Gasteiger partial charge in [0.15, 0.2) is 5.78 Å². The maximum Gasteiger partial charge on any atom is 0.573 e. The number of ketones is 1. The standard InChI is InChI=1S/C32H32F3NO6/c1-21(37)40-20-30(38)23-7-2-3-9-25(16-15-23)41-27-10-6-8-24(19-27)36-31(39)29-12-5-4-11-28(29)22-13-17-26(18-14-22)42-32(33,34)35/h4-6,8,10-14,17-19,23,25H,2-3,7,9,15-16,20H2,1H3,(H,36,39). The number of carbonyl (C=O) groups is 3. The molecule has 0 heterocycles. The molecule has 0 radical (unpaired) electrons. The molecule has 0 bridgehead atoms. The topological polar surface area (TPSA) is 90.9 Å². The van der Waals surface area contributed by atoms with Gasteiger partial charge in [0.05, 0.1) is 6.10 Å². The number of nitrogens with one attached hydrogen (secondary N) is 1. The third-order valence-electron chi connectivity index (χ3n) is 7.00. The van der Waals surface area contributed by atoms with Crippen molar-refractivity contribution in [3.63, 3.8) is 0 Å². The minimum atomic E-state index is -4.79. The summed E-state index contributed by atoms with van der Waals surface area (Å²) < 4.78 is 52.6. The number of amides is 1. The van der Waals surface area contributed by atoms with E-state index in [1.165, 1.54) is 31.2 Å². The van der Waals surface area contributed by atoms with Crippen LogP contribution in [-0.2, 0) is 14.3 Å². The summed E-state index contributed by atoms with van der Waals surface area (Å²) in [5.41, 5.74) is 1.97. The van der Waals surface area contributed by atoms with Crippen LogP contribution in [0.2, 0.25) is 0 Å². The Morgan fingerprint density at radius 3 is 2.33 bits per heavy atom. The van der Waals surface area contributed by atoms with Crippen LogP contribution < -0.4 is 14.8 Å². The van der Waals surface area contributed by atoms with Gasteiger partial charge in [-0.1, -0.05) is 42.8 Å². The molecule has 1 saturated carbocycles. The molecule has 1 amide bonds. The van der Waals surface area contributed by atoms with Crippen molar-refractivity contribution in [2.75, 3.05) is 11.9 Å². The summed E-state index contributed by atoms with van der Waals surface area (Å²) in [4.78, 5) is 36.8. The van der Waals surface area contributed by atoms with E-state index in [0.29, 0.717) is 41.0 Å². The van der Waals surface area contributed by atoms with Crippen LogP contribution in [0.5, 0.6) is 11.5 Å². The first-order valence-electron chi connectivity index (χ1n) is 13.8. The Balaban J connectivity index is 1.40. The predicted octanol–water partition coefficient (Wildman–Crippen LogP) is 7.35. The van der Waals surface area contributed by atoms with Crippen molar-refractivity contribution < 1.29 is 41.8 Å². The molecule has 3 aromatic carbocycles. The number of benzene rings is 3. The molecule has 1 N–H and O–H groups in total. The van der Waals surface area contributed by atoms with E-state index in [-0.39, 0.29) is 30.2 Å². The van der Waals surface area contributed by atoms with E-state index in [4.69, 9.17) is 9.47 Å². The second-order valence-corrected chi connectivity index (χ2v) is 10.1. The fraction of sp³-hybridized carbons (Fsp3) is 0.344. The quantitative estimate of drug-likeness (QED) is 0.265. The number of hydrogen-bond acceptors (Lipinski definition) is 6. The number of ether oxygens (including phenoxy) is 3. The van der Waals surface area contributed by atoms with E-state index in [1.54, 1.807) is 48.5 Å². The smallest absolute Gasteiger partial charge is 0.490 e. The molecule has 3 aromatic rings. The average molecular weight is 584 g/mol. The number of alkyl halides is 3. The molecule has 222 valence electrons. The molecule has 1 fully saturated rings. The van der Waals surface area contributed by atoms with Crippen LogP contribution in [-0.4, -0.2) is 36.7 Å². The van der Waals surface area contributed by atoms with E-state index in [1.807, 2.05) is 0 Å². The van der Waals surface area contributed by atoms with E-state index < -0.39 is 18.2 Å². The Kier molecular flexibility index (Phi) is 10.2. The molecule has 0 aromatic heterocycles. The van der Waals surface area contributed by atoms with E-state index in [9.17, 15) is 27.6 Å². The Hall–Kier alpha value is -4.34. The lowest BCUT2D eigenvalue weighted by molar-refractivity contribution is -0.274. The highest BCUT2D eigenvalue weighted by Crippen LogP contribution is 2.30. The minimum absolute atomic E-state index is 0.0681. The second kappa shape index (κ2) is 14.0. The van der Waals surface area contributed by atoms with Gasteiger partial charge in [0, 0.05) is 30.2 Å². The maximum absolute atomic E-state index is 13.3. The second-order valence-electron chi connectivity index (χ2n) is 10.1. The molecule has 1 aliphatic carbocycles. The van der Waals surface area contributed by atoms with Crippen molar-refractivity contribution in [2.24, 2.45) is 5.92 Å². The van der Waals surface area contributed by atoms with Crippen molar-refractivity contribution in [1.82, 2.24) is 0 Å². The van der Waals surface area contributed by atoms with Gasteiger partial charge in [-0.2, -0.15) is 0 Å². The molecule has 42 heavy (non-hydrogen) atoms. The predicted molar refractivity (Wildman–Crippen MR) is 150 cm³/mol. The highest BCUT2D eigenvalue weighted by Gasteiger charge is 2.31. The summed E-state index contributed by atoms with van der Waals surface area (Å²) >= 11 is 0. The molecule has 0 spiro atoms. The van der Waals surface area contributed by atoms with Gasteiger partial charge in [0.2, 0.25) is 0 Å². The molecule has 10 heteroatoms. The zero-order valence-corrected chi connectivity index (χ0v) is 23.1. The van der Waals surface area contributed by atoms with Crippen LogP contribution >= 0.6 is 0 Å². The highest BCUT2D eigenvalue weighted by molar-refractivity contribution is 6.08. The normalized spacial score (nSPS) is 17.3. The van der Waals surface area contributed by atoms with Crippen molar-refractivity contribution in [3.05, 3.63) is 78.4 Å². The van der Waals surface area contributed by atoms with Crippen LogP contribution in [0, 0.1) is 5.92 Å². The van der Waals surface area contributed by atoms with Gasteiger partial charge in [-0.3, -0.25) is 14.4 Å². The first-order valence-corrected chi connectivity index (χ1v) is 13.8. The lowest BCUT2D eigenvalue weighted by Crippen LogP contribution is -2.26. The molecule has 2 atom stereocenters. The Labute approximate surface area is 242 Å². The molecule has 7 nitrogen and oxygen atoms in total. The summed E-state index contributed by atoms with van der Waals surface area (Å²) in [5.74, 6) is -0.873. The number of rotatable bonds is 9. The Morgan fingerprint density at radius 2 is 1.60 bits per heavy atom. The lowest BCUT2D eigenvalue weighted by Gasteiger charge is -2.25. The first kappa shape index (κ1) is 30.6. The van der Waals surface area contributed by atoms with Gasteiger partial charge in [-0.25, -0.2) is 0 Å². The third-order valence-corrected chi connectivity index (χ3v) is 7.00. The first-order chi connectivity index (χ1) is 20.1. The minimum Gasteiger partial charge on any atom is -0.490 e. The van der Waals surface area contributed by atoms with E-state index in [2.05, 4.69) is 10.1 Å². The average Bonchev–Trinajstić information content (AvgIpc) is 2.93. The van der Waals surface area contributed by atoms with Crippen LogP contribution in [0.15, 0.2) is 72.8 Å². The van der Waals surface area contributed by atoms with Crippen LogP contribution in [0.25, 0.3) is 11.1 Å². The monoisotopic (exact) mass is 583 g/mol. The van der Waals surface area contributed by atoms with Crippen molar-refractivity contribution >= 4 is 23.3 Å². The lowest BCUT2D eigenvalue weighted by atomic mass is 9.87. The van der Waals surface area contributed by atoms with Crippen molar-refractivity contribution in [1.29, 1.82) is 0 Å². The fourth-order valence-corrected chi connectivity index (χ4v) is 4.98. The number of carbonyl (C=O) groups excluding carboxylic acids is 3. The molecular weight excluding hydrogens is 551 g/mol.